The van der Waals surface area contributed by atoms with E-state index in [1.807, 2.05) is 6.07 Å². The van der Waals surface area contributed by atoms with Gasteiger partial charge in [-0.25, -0.2) is 12.7 Å². The van der Waals surface area contributed by atoms with Crippen LogP contribution in [0.4, 0.5) is 0 Å². The van der Waals surface area contributed by atoms with Crippen molar-refractivity contribution in [1.29, 1.82) is 5.26 Å². The Hall–Kier alpha value is -1.91. The second kappa shape index (κ2) is 6.24. The van der Waals surface area contributed by atoms with Crippen molar-refractivity contribution < 1.29 is 18.3 Å². The average molecular weight is 308 g/mol. The molecular formula is C14H16N2O4S. The molecule has 21 heavy (non-hydrogen) atoms. The minimum Gasteiger partial charge on any atom is -0.481 e. The third-order valence-electron chi connectivity index (χ3n) is 3.60. The molecule has 112 valence electrons. The number of benzene rings is 1. The molecule has 0 aliphatic carbocycles. The molecule has 0 unspecified atom stereocenters. The summed E-state index contributed by atoms with van der Waals surface area (Å²) in [6.45, 7) is 0.340. The molecule has 0 saturated carbocycles. The SMILES string of the molecule is N#Cc1ccccc1CS(=O)(=O)N1CCC[C@H](C(=O)O)C1. The summed E-state index contributed by atoms with van der Waals surface area (Å²) in [7, 11) is -3.62. The number of rotatable bonds is 4. The summed E-state index contributed by atoms with van der Waals surface area (Å²) in [5, 5.41) is 18.0. The molecular weight excluding hydrogens is 292 g/mol. The molecule has 0 bridgehead atoms. The summed E-state index contributed by atoms with van der Waals surface area (Å²) in [6.07, 6.45) is 1.03. The van der Waals surface area contributed by atoms with E-state index >= 15 is 0 Å². The zero-order chi connectivity index (χ0) is 15.5. The number of aliphatic carboxylic acids is 1. The van der Waals surface area contributed by atoms with E-state index in [1.165, 1.54) is 4.31 Å². The molecule has 1 atom stereocenters. The zero-order valence-electron chi connectivity index (χ0n) is 11.4. The van der Waals surface area contributed by atoms with Crippen LogP contribution in [0.3, 0.4) is 0 Å². The predicted molar refractivity (Wildman–Crippen MR) is 75.7 cm³/mol. The Morgan fingerprint density at radius 1 is 1.43 bits per heavy atom. The van der Waals surface area contributed by atoms with Gasteiger partial charge in [-0.15, -0.1) is 0 Å². The smallest absolute Gasteiger partial charge is 0.307 e. The van der Waals surface area contributed by atoms with Crippen molar-refractivity contribution in [2.24, 2.45) is 5.92 Å². The van der Waals surface area contributed by atoms with Gasteiger partial charge in [0.2, 0.25) is 10.0 Å². The fourth-order valence-electron chi connectivity index (χ4n) is 2.44. The highest BCUT2D eigenvalue weighted by molar-refractivity contribution is 7.88. The minimum absolute atomic E-state index is 0.00634. The first-order valence-corrected chi connectivity index (χ1v) is 8.23. The average Bonchev–Trinajstić information content (AvgIpc) is 2.47. The number of carboxylic acids is 1. The van der Waals surface area contributed by atoms with Crippen LogP contribution in [0.1, 0.15) is 24.0 Å². The number of carbonyl (C=O) groups is 1. The largest absolute Gasteiger partial charge is 0.481 e. The van der Waals surface area contributed by atoms with Crippen molar-refractivity contribution in [2.75, 3.05) is 13.1 Å². The monoisotopic (exact) mass is 308 g/mol. The predicted octanol–water partition coefficient (Wildman–Crippen LogP) is 1.18. The summed E-state index contributed by atoms with van der Waals surface area (Å²) in [4.78, 5) is 11.0. The van der Waals surface area contributed by atoms with Gasteiger partial charge in [0.15, 0.2) is 0 Å². The van der Waals surface area contributed by atoms with Crippen molar-refractivity contribution in [3.8, 4) is 6.07 Å². The highest BCUT2D eigenvalue weighted by Crippen LogP contribution is 2.22. The molecule has 1 aromatic carbocycles. The van der Waals surface area contributed by atoms with Gasteiger partial charge in [0.05, 0.1) is 23.3 Å². The molecule has 1 aliphatic heterocycles. The van der Waals surface area contributed by atoms with E-state index in [9.17, 15) is 13.2 Å². The molecule has 1 aliphatic rings. The van der Waals surface area contributed by atoms with Crippen molar-refractivity contribution in [2.45, 2.75) is 18.6 Å². The molecule has 0 radical (unpaired) electrons. The van der Waals surface area contributed by atoms with Crippen LogP contribution in [-0.4, -0.2) is 36.9 Å². The van der Waals surface area contributed by atoms with Crippen LogP contribution in [0.15, 0.2) is 24.3 Å². The number of sulfonamides is 1. The standard InChI is InChI=1S/C14H16N2O4S/c15-8-11-4-1-2-5-13(11)10-21(19,20)16-7-3-6-12(9-16)14(17)18/h1-2,4-5,12H,3,6-7,9-10H2,(H,17,18)/t12-/m0/s1. The first-order chi connectivity index (χ1) is 9.94. The number of nitriles is 1. The van der Waals surface area contributed by atoms with Gasteiger partial charge in [-0.1, -0.05) is 18.2 Å². The molecule has 1 saturated heterocycles. The molecule has 2 rings (SSSR count). The summed E-state index contributed by atoms with van der Waals surface area (Å²) in [5.41, 5.74) is 0.769. The van der Waals surface area contributed by atoms with Crippen LogP contribution in [-0.2, 0) is 20.6 Å². The lowest BCUT2D eigenvalue weighted by atomic mass is 10.0. The topological polar surface area (TPSA) is 98.5 Å². The second-order valence-corrected chi connectivity index (χ2v) is 7.03. The molecule has 0 amide bonds. The van der Waals surface area contributed by atoms with Gasteiger partial charge >= 0.3 is 5.97 Å². The van der Waals surface area contributed by atoms with Crippen LogP contribution >= 0.6 is 0 Å². The maximum absolute atomic E-state index is 12.4. The first kappa shape index (κ1) is 15.5. The number of hydrogen-bond donors (Lipinski definition) is 1. The number of carboxylic acid groups (broad SMARTS) is 1. The molecule has 0 aromatic heterocycles. The molecule has 1 heterocycles. The Bertz CT molecular complexity index is 678. The van der Waals surface area contributed by atoms with Crippen molar-refractivity contribution in [1.82, 2.24) is 4.31 Å². The maximum atomic E-state index is 12.4. The maximum Gasteiger partial charge on any atom is 0.307 e. The van der Waals surface area contributed by atoms with Gasteiger partial charge in [0, 0.05) is 13.1 Å². The fourth-order valence-corrected chi connectivity index (χ4v) is 4.08. The van der Waals surface area contributed by atoms with Crippen LogP contribution in [0.2, 0.25) is 0 Å². The molecule has 0 spiro atoms. The number of hydrogen-bond acceptors (Lipinski definition) is 4. The highest BCUT2D eigenvalue weighted by Gasteiger charge is 2.32. The highest BCUT2D eigenvalue weighted by atomic mass is 32.2. The molecule has 1 N–H and O–H groups in total. The van der Waals surface area contributed by atoms with Crippen LogP contribution in [0, 0.1) is 17.2 Å². The lowest BCUT2D eigenvalue weighted by Crippen LogP contribution is -2.42. The fraction of sp³-hybridized carbons (Fsp3) is 0.429. The van der Waals surface area contributed by atoms with E-state index < -0.39 is 21.9 Å². The summed E-state index contributed by atoms with van der Waals surface area (Å²) < 4.78 is 26.1. The van der Waals surface area contributed by atoms with E-state index in [1.54, 1.807) is 24.3 Å². The molecule has 1 fully saturated rings. The molecule has 6 nitrogen and oxygen atoms in total. The van der Waals surface area contributed by atoms with Crippen LogP contribution < -0.4 is 0 Å². The Labute approximate surface area is 123 Å². The van der Waals surface area contributed by atoms with Crippen molar-refractivity contribution in [3.63, 3.8) is 0 Å². The van der Waals surface area contributed by atoms with E-state index in [4.69, 9.17) is 10.4 Å². The van der Waals surface area contributed by atoms with Crippen LogP contribution in [0.5, 0.6) is 0 Å². The van der Waals surface area contributed by atoms with Gasteiger partial charge < -0.3 is 5.11 Å². The van der Waals surface area contributed by atoms with E-state index in [-0.39, 0.29) is 12.3 Å². The Kier molecular flexibility index (Phi) is 4.60. The number of piperidine rings is 1. The Balaban J connectivity index is 2.19. The van der Waals surface area contributed by atoms with Gasteiger partial charge in [-0.3, -0.25) is 4.79 Å². The molecule has 7 heteroatoms. The third kappa shape index (κ3) is 3.60. The van der Waals surface area contributed by atoms with E-state index in [0.717, 1.165) is 0 Å². The first-order valence-electron chi connectivity index (χ1n) is 6.62. The number of nitrogens with zero attached hydrogens (tertiary/aromatic N) is 2. The van der Waals surface area contributed by atoms with Crippen molar-refractivity contribution in [3.05, 3.63) is 35.4 Å². The third-order valence-corrected chi connectivity index (χ3v) is 5.40. The van der Waals surface area contributed by atoms with Gasteiger partial charge in [0.25, 0.3) is 0 Å². The van der Waals surface area contributed by atoms with Gasteiger partial charge in [-0.05, 0) is 24.5 Å². The van der Waals surface area contributed by atoms with Gasteiger partial charge in [-0.2, -0.15) is 5.26 Å². The normalized spacial score (nSPS) is 19.9. The van der Waals surface area contributed by atoms with Gasteiger partial charge in [0.1, 0.15) is 0 Å². The van der Waals surface area contributed by atoms with Crippen molar-refractivity contribution >= 4 is 16.0 Å². The lowest BCUT2D eigenvalue weighted by molar-refractivity contribution is -0.142. The Morgan fingerprint density at radius 3 is 2.81 bits per heavy atom. The quantitative estimate of drug-likeness (QED) is 0.900. The molecule has 1 aromatic rings. The zero-order valence-corrected chi connectivity index (χ0v) is 12.2. The summed E-state index contributed by atoms with van der Waals surface area (Å²) in [5.74, 6) is -1.89. The van der Waals surface area contributed by atoms with E-state index in [2.05, 4.69) is 0 Å². The minimum atomic E-state index is -3.62. The van der Waals surface area contributed by atoms with E-state index in [0.29, 0.717) is 30.5 Å². The summed E-state index contributed by atoms with van der Waals surface area (Å²) >= 11 is 0. The Morgan fingerprint density at radius 2 is 2.14 bits per heavy atom. The lowest BCUT2D eigenvalue weighted by Gasteiger charge is -2.29. The van der Waals surface area contributed by atoms with Crippen LogP contribution in [0.25, 0.3) is 0 Å². The second-order valence-electron chi connectivity index (χ2n) is 5.06. The summed E-state index contributed by atoms with van der Waals surface area (Å²) in [6, 6.07) is 8.51.